The van der Waals surface area contributed by atoms with Crippen LogP contribution in [0.3, 0.4) is 0 Å². The smallest absolute Gasteiger partial charge is 0.371 e. The van der Waals surface area contributed by atoms with Crippen molar-refractivity contribution in [2.24, 2.45) is 0 Å². The zero-order chi connectivity index (χ0) is 14.6. The van der Waals surface area contributed by atoms with Crippen molar-refractivity contribution in [3.05, 3.63) is 47.7 Å². The summed E-state index contributed by atoms with van der Waals surface area (Å²) in [5, 5.41) is 9.89. The van der Waals surface area contributed by atoms with E-state index < -0.39 is 5.97 Å². The first-order valence-corrected chi connectivity index (χ1v) is 6.94. The van der Waals surface area contributed by atoms with Crippen LogP contribution in [-0.4, -0.2) is 20.6 Å². The molecule has 1 aromatic carbocycles. The zero-order valence-corrected chi connectivity index (χ0v) is 11.5. The molecule has 2 heterocycles. The van der Waals surface area contributed by atoms with Gasteiger partial charge in [-0.05, 0) is 31.4 Å². The minimum atomic E-state index is -1.06. The molecule has 4 rings (SSSR count). The summed E-state index contributed by atoms with van der Waals surface area (Å²) >= 11 is 0. The Balaban J connectivity index is 1.92. The average Bonchev–Trinajstić information content (AvgIpc) is 3.03. The van der Waals surface area contributed by atoms with E-state index in [-0.39, 0.29) is 5.76 Å². The van der Waals surface area contributed by atoms with Crippen molar-refractivity contribution in [2.45, 2.75) is 25.7 Å². The lowest BCUT2D eigenvalue weighted by atomic mass is 10.1. The number of carboxylic acids is 1. The van der Waals surface area contributed by atoms with E-state index in [1.165, 1.54) is 12.8 Å². The van der Waals surface area contributed by atoms with Gasteiger partial charge in [-0.15, -0.1) is 0 Å². The van der Waals surface area contributed by atoms with E-state index in [9.17, 15) is 4.79 Å². The number of hydrogen-bond donors (Lipinski definition) is 1. The third kappa shape index (κ3) is 1.93. The molecule has 5 heteroatoms. The topological polar surface area (TPSA) is 68.3 Å². The quantitative estimate of drug-likeness (QED) is 0.798. The SMILES string of the molecule is Cc1ccc2oc(C(=O)O)cc2c1-n1cnc(C2CC2)c1. The van der Waals surface area contributed by atoms with E-state index in [1.807, 2.05) is 23.8 Å². The van der Waals surface area contributed by atoms with Gasteiger partial charge < -0.3 is 14.1 Å². The van der Waals surface area contributed by atoms with E-state index in [0.717, 1.165) is 22.3 Å². The number of hydrogen-bond acceptors (Lipinski definition) is 3. The molecule has 1 N–H and O–H groups in total. The number of aryl methyl sites for hydroxylation is 1. The van der Waals surface area contributed by atoms with Crippen LogP contribution in [0.1, 0.15) is 40.6 Å². The molecule has 0 amide bonds. The van der Waals surface area contributed by atoms with Gasteiger partial charge in [0, 0.05) is 23.6 Å². The summed E-state index contributed by atoms with van der Waals surface area (Å²) in [6.45, 7) is 2.00. The molecule has 1 saturated carbocycles. The maximum Gasteiger partial charge on any atom is 0.371 e. The minimum absolute atomic E-state index is 0.0422. The molecule has 0 radical (unpaired) electrons. The highest BCUT2D eigenvalue weighted by atomic mass is 16.4. The summed E-state index contributed by atoms with van der Waals surface area (Å²) in [4.78, 5) is 15.6. The molecule has 1 aliphatic rings. The van der Waals surface area contributed by atoms with E-state index in [1.54, 1.807) is 18.5 Å². The molecule has 1 aliphatic carbocycles. The fourth-order valence-corrected chi connectivity index (χ4v) is 2.70. The van der Waals surface area contributed by atoms with Gasteiger partial charge in [-0.3, -0.25) is 0 Å². The summed E-state index contributed by atoms with van der Waals surface area (Å²) in [5.74, 6) is -0.511. The number of benzene rings is 1. The fourth-order valence-electron chi connectivity index (χ4n) is 2.70. The third-order valence-electron chi connectivity index (χ3n) is 3.94. The minimum Gasteiger partial charge on any atom is -0.475 e. The fraction of sp³-hybridized carbons (Fsp3) is 0.250. The third-order valence-corrected chi connectivity index (χ3v) is 3.94. The first-order chi connectivity index (χ1) is 10.1. The maximum atomic E-state index is 11.1. The number of carbonyl (C=O) groups is 1. The van der Waals surface area contributed by atoms with Crippen LogP contribution in [-0.2, 0) is 0 Å². The second-order valence-corrected chi connectivity index (χ2v) is 5.54. The molecule has 3 aromatic rings. The number of nitrogens with zero attached hydrogens (tertiary/aromatic N) is 2. The maximum absolute atomic E-state index is 11.1. The second kappa shape index (κ2) is 4.22. The highest BCUT2D eigenvalue weighted by Gasteiger charge is 2.26. The van der Waals surface area contributed by atoms with Crippen LogP contribution in [0.15, 0.2) is 35.1 Å². The van der Waals surface area contributed by atoms with Gasteiger partial charge >= 0.3 is 5.97 Å². The second-order valence-electron chi connectivity index (χ2n) is 5.54. The van der Waals surface area contributed by atoms with Crippen molar-refractivity contribution in [2.75, 3.05) is 0 Å². The van der Waals surface area contributed by atoms with Gasteiger partial charge in [0.2, 0.25) is 5.76 Å². The highest BCUT2D eigenvalue weighted by Crippen LogP contribution is 2.39. The molecule has 0 bridgehead atoms. The van der Waals surface area contributed by atoms with Crippen molar-refractivity contribution >= 4 is 16.9 Å². The summed E-state index contributed by atoms with van der Waals surface area (Å²) in [5.41, 5.74) is 3.67. The van der Waals surface area contributed by atoms with Gasteiger partial charge in [0.05, 0.1) is 17.7 Å². The Morgan fingerprint density at radius 2 is 2.24 bits per heavy atom. The number of aromatic nitrogens is 2. The van der Waals surface area contributed by atoms with Gasteiger partial charge in [-0.25, -0.2) is 9.78 Å². The number of rotatable bonds is 3. The van der Waals surface area contributed by atoms with Crippen LogP contribution in [0, 0.1) is 6.92 Å². The Morgan fingerprint density at radius 3 is 2.95 bits per heavy atom. The monoisotopic (exact) mass is 282 g/mol. The highest BCUT2D eigenvalue weighted by molar-refractivity contribution is 5.95. The van der Waals surface area contributed by atoms with Crippen molar-refractivity contribution in [1.82, 2.24) is 9.55 Å². The Morgan fingerprint density at radius 1 is 1.43 bits per heavy atom. The lowest BCUT2D eigenvalue weighted by Gasteiger charge is -2.07. The van der Waals surface area contributed by atoms with Crippen molar-refractivity contribution < 1.29 is 14.3 Å². The van der Waals surface area contributed by atoms with Crippen LogP contribution in [0.25, 0.3) is 16.7 Å². The average molecular weight is 282 g/mol. The lowest BCUT2D eigenvalue weighted by molar-refractivity contribution is 0.0665. The molecule has 106 valence electrons. The van der Waals surface area contributed by atoms with Gasteiger partial charge in [0.25, 0.3) is 0 Å². The van der Waals surface area contributed by atoms with Gasteiger partial charge in [-0.2, -0.15) is 0 Å². The summed E-state index contributed by atoms with van der Waals surface area (Å²) < 4.78 is 7.34. The van der Waals surface area contributed by atoms with E-state index in [0.29, 0.717) is 11.5 Å². The molecule has 5 nitrogen and oxygen atoms in total. The molecule has 0 spiro atoms. The molecule has 0 unspecified atom stereocenters. The Hall–Kier alpha value is -2.56. The van der Waals surface area contributed by atoms with E-state index >= 15 is 0 Å². The van der Waals surface area contributed by atoms with Crippen molar-refractivity contribution in [3.63, 3.8) is 0 Å². The van der Waals surface area contributed by atoms with Gasteiger partial charge in [-0.1, -0.05) is 6.07 Å². The Bertz CT molecular complexity index is 856. The van der Waals surface area contributed by atoms with Crippen molar-refractivity contribution in [3.8, 4) is 5.69 Å². The van der Waals surface area contributed by atoms with Crippen LogP contribution in [0.5, 0.6) is 0 Å². The molecular weight excluding hydrogens is 268 g/mol. The molecule has 0 atom stereocenters. The first-order valence-electron chi connectivity index (χ1n) is 6.94. The standard InChI is InChI=1S/C16H14N2O3/c1-9-2-5-13-11(6-14(21-13)16(19)20)15(9)18-7-12(17-8-18)10-3-4-10/h2,5-8,10H,3-4H2,1H3,(H,19,20). The molecule has 0 saturated heterocycles. The van der Waals surface area contributed by atoms with E-state index in [2.05, 4.69) is 4.98 Å². The molecule has 21 heavy (non-hydrogen) atoms. The van der Waals surface area contributed by atoms with Gasteiger partial charge in [0.1, 0.15) is 5.58 Å². The van der Waals surface area contributed by atoms with Crippen LogP contribution in [0.2, 0.25) is 0 Å². The predicted molar refractivity (Wildman–Crippen MR) is 77.0 cm³/mol. The predicted octanol–water partition coefficient (Wildman–Crippen LogP) is 3.50. The number of carboxylic acid groups (broad SMARTS) is 1. The van der Waals surface area contributed by atoms with E-state index in [4.69, 9.17) is 9.52 Å². The van der Waals surface area contributed by atoms with Gasteiger partial charge in [0.15, 0.2) is 0 Å². The van der Waals surface area contributed by atoms with Crippen molar-refractivity contribution in [1.29, 1.82) is 0 Å². The zero-order valence-electron chi connectivity index (χ0n) is 11.5. The van der Waals surface area contributed by atoms with Crippen LogP contribution < -0.4 is 0 Å². The molecule has 1 fully saturated rings. The van der Waals surface area contributed by atoms with Crippen LogP contribution >= 0.6 is 0 Å². The Kier molecular flexibility index (Phi) is 2.45. The lowest BCUT2D eigenvalue weighted by Crippen LogP contribution is -1.94. The Labute approximate surface area is 120 Å². The largest absolute Gasteiger partial charge is 0.475 e. The van der Waals surface area contributed by atoms with Crippen LogP contribution in [0.4, 0.5) is 0 Å². The molecule has 2 aromatic heterocycles. The number of imidazole rings is 1. The molecule has 0 aliphatic heterocycles. The summed E-state index contributed by atoms with van der Waals surface area (Å²) in [6, 6.07) is 5.32. The molecular formula is C16H14N2O3. The summed E-state index contributed by atoms with van der Waals surface area (Å²) in [6.07, 6.45) is 6.24. The normalized spacial score (nSPS) is 14.7. The number of aromatic carboxylic acids is 1. The number of fused-ring (bicyclic) bond motifs is 1. The number of furan rings is 1. The summed E-state index contributed by atoms with van der Waals surface area (Å²) in [7, 11) is 0. The first kappa shape index (κ1) is 12.2.